The Balaban J connectivity index is 1.60. The Morgan fingerprint density at radius 3 is 2.35 bits per heavy atom. The van der Waals surface area contributed by atoms with Crippen LogP contribution in [0.1, 0.15) is 32.6 Å². The van der Waals surface area contributed by atoms with Crippen molar-refractivity contribution in [2.75, 3.05) is 14.2 Å². The second kappa shape index (κ2) is 8.56. The van der Waals surface area contributed by atoms with Crippen LogP contribution in [0.4, 0.5) is 0 Å². The third-order valence-corrected chi connectivity index (χ3v) is 5.28. The van der Waals surface area contributed by atoms with Crippen molar-refractivity contribution in [1.29, 1.82) is 0 Å². The number of ether oxygens (including phenoxy) is 4. The third-order valence-electron chi connectivity index (χ3n) is 5.28. The number of carbonyl (C=O) groups excluding carboxylic acids is 1. The molecule has 0 saturated carbocycles. The summed E-state index contributed by atoms with van der Waals surface area (Å²) in [5, 5.41) is 0. The van der Waals surface area contributed by atoms with Crippen LogP contribution in [0.3, 0.4) is 0 Å². The summed E-state index contributed by atoms with van der Waals surface area (Å²) in [4.78, 5) is 12.9. The van der Waals surface area contributed by atoms with Crippen molar-refractivity contribution in [2.45, 2.75) is 20.5 Å². The molecule has 0 fully saturated rings. The summed E-state index contributed by atoms with van der Waals surface area (Å²) in [6.07, 6.45) is 1.68. The van der Waals surface area contributed by atoms with Gasteiger partial charge in [0.2, 0.25) is 5.78 Å². The van der Waals surface area contributed by atoms with Crippen molar-refractivity contribution in [3.05, 3.63) is 88.2 Å². The third kappa shape index (κ3) is 4.12. The quantitative estimate of drug-likeness (QED) is 0.496. The van der Waals surface area contributed by atoms with Gasteiger partial charge in [0.1, 0.15) is 29.6 Å². The number of carbonyl (C=O) groups is 1. The number of ketones is 1. The minimum absolute atomic E-state index is 0.173. The molecule has 0 spiro atoms. The highest BCUT2D eigenvalue weighted by Crippen LogP contribution is 2.40. The second-order valence-electron chi connectivity index (χ2n) is 7.39. The van der Waals surface area contributed by atoms with Crippen LogP contribution >= 0.6 is 0 Å². The molecule has 0 saturated heterocycles. The van der Waals surface area contributed by atoms with Crippen LogP contribution in [-0.2, 0) is 6.61 Å². The number of hydrogen-bond acceptors (Lipinski definition) is 5. The normalized spacial score (nSPS) is 13.7. The van der Waals surface area contributed by atoms with Crippen LogP contribution < -0.4 is 18.9 Å². The molecule has 0 aromatic heterocycles. The fourth-order valence-electron chi connectivity index (χ4n) is 3.46. The van der Waals surface area contributed by atoms with E-state index in [4.69, 9.17) is 18.9 Å². The maximum atomic E-state index is 12.9. The molecule has 3 aromatic carbocycles. The van der Waals surface area contributed by atoms with Crippen LogP contribution in [0.2, 0.25) is 0 Å². The number of methoxy groups -OCH3 is 2. The first-order valence-electron chi connectivity index (χ1n) is 9.98. The number of benzene rings is 3. The maximum absolute atomic E-state index is 12.9. The van der Waals surface area contributed by atoms with Crippen LogP contribution in [0.5, 0.6) is 23.0 Å². The monoisotopic (exact) mass is 416 g/mol. The molecule has 4 rings (SSSR count). The standard InChI is InChI=1S/C26H24O5/c1-16-5-7-18(8-6-16)15-30-22-12-10-21-25(27)24(31-26(21)17(22)2)14-19-13-20(28-3)9-11-23(19)29-4/h5-14H,15H2,1-4H3/b24-14-. The van der Waals surface area contributed by atoms with Gasteiger partial charge in [-0.05, 0) is 55.8 Å². The zero-order chi connectivity index (χ0) is 22.0. The largest absolute Gasteiger partial charge is 0.497 e. The average Bonchev–Trinajstić information content (AvgIpc) is 3.10. The SMILES string of the molecule is COc1ccc(OC)c(/C=C2\Oc3c(ccc(OCc4ccc(C)cc4)c3C)C2=O)c1. The summed E-state index contributed by atoms with van der Waals surface area (Å²) in [5.41, 5.74) is 4.29. The van der Waals surface area contributed by atoms with E-state index in [-0.39, 0.29) is 11.5 Å². The molecule has 0 atom stereocenters. The molecular formula is C26H24O5. The van der Waals surface area contributed by atoms with Crippen molar-refractivity contribution in [2.24, 2.45) is 0 Å². The highest BCUT2D eigenvalue weighted by atomic mass is 16.5. The molecule has 1 heterocycles. The number of hydrogen-bond donors (Lipinski definition) is 0. The Hall–Kier alpha value is -3.73. The lowest BCUT2D eigenvalue weighted by Crippen LogP contribution is -1.99. The smallest absolute Gasteiger partial charge is 0.231 e. The van der Waals surface area contributed by atoms with Crippen molar-refractivity contribution in [3.63, 3.8) is 0 Å². The summed E-state index contributed by atoms with van der Waals surface area (Å²) >= 11 is 0. The number of aryl methyl sites for hydroxylation is 1. The average molecular weight is 416 g/mol. The van der Waals surface area contributed by atoms with Crippen molar-refractivity contribution < 1.29 is 23.7 Å². The lowest BCUT2D eigenvalue weighted by molar-refractivity contribution is 0.101. The first-order valence-corrected chi connectivity index (χ1v) is 9.98. The highest BCUT2D eigenvalue weighted by Gasteiger charge is 2.30. The van der Waals surface area contributed by atoms with Crippen LogP contribution in [-0.4, -0.2) is 20.0 Å². The van der Waals surface area contributed by atoms with E-state index in [1.807, 2.05) is 25.1 Å². The molecule has 31 heavy (non-hydrogen) atoms. The fraction of sp³-hybridized carbons (Fsp3) is 0.192. The van der Waals surface area contributed by atoms with Gasteiger partial charge in [0.15, 0.2) is 5.76 Å². The predicted octanol–water partition coefficient (Wildman–Crippen LogP) is 5.52. The van der Waals surface area contributed by atoms with E-state index in [1.165, 1.54) is 5.56 Å². The maximum Gasteiger partial charge on any atom is 0.231 e. The van der Waals surface area contributed by atoms with E-state index in [0.29, 0.717) is 40.7 Å². The molecule has 5 heteroatoms. The number of fused-ring (bicyclic) bond motifs is 1. The highest BCUT2D eigenvalue weighted by molar-refractivity contribution is 6.15. The summed E-state index contributed by atoms with van der Waals surface area (Å²) in [5.74, 6) is 2.57. The van der Waals surface area contributed by atoms with Crippen molar-refractivity contribution in [3.8, 4) is 23.0 Å². The van der Waals surface area contributed by atoms with Gasteiger partial charge in [-0.15, -0.1) is 0 Å². The van der Waals surface area contributed by atoms with Gasteiger partial charge in [0.05, 0.1) is 19.8 Å². The first-order chi connectivity index (χ1) is 15.0. The number of allylic oxidation sites excluding steroid dienone is 1. The molecule has 5 nitrogen and oxygen atoms in total. The molecule has 0 N–H and O–H groups in total. The Labute approximate surface area is 181 Å². The molecule has 0 unspecified atom stereocenters. The van der Waals surface area contributed by atoms with Crippen molar-refractivity contribution >= 4 is 11.9 Å². The molecule has 0 radical (unpaired) electrons. The van der Waals surface area contributed by atoms with E-state index >= 15 is 0 Å². The Morgan fingerprint density at radius 2 is 1.65 bits per heavy atom. The molecule has 1 aliphatic rings. The van der Waals surface area contributed by atoms with Gasteiger partial charge in [0.25, 0.3) is 0 Å². The van der Waals surface area contributed by atoms with E-state index < -0.39 is 0 Å². The van der Waals surface area contributed by atoms with Gasteiger partial charge in [-0.25, -0.2) is 0 Å². The number of Topliss-reactive ketones (excluding diaryl/α,β-unsaturated/α-hetero) is 1. The van der Waals surface area contributed by atoms with Gasteiger partial charge >= 0.3 is 0 Å². The molecular weight excluding hydrogens is 392 g/mol. The number of rotatable bonds is 6. The predicted molar refractivity (Wildman–Crippen MR) is 119 cm³/mol. The lowest BCUT2D eigenvalue weighted by atomic mass is 10.1. The summed E-state index contributed by atoms with van der Waals surface area (Å²) in [7, 11) is 3.17. The minimum Gasteiger partial charge on any atom is -0.497 e. The first kappa shape index (κ1) is 20.5. The second-order valence-corrected chi connectivity index (χ2v) is 7.39. The zero-order valence-corrected chi connectivity index (χ0v) is 18.0. The molecule has 0 amide bonds. The van der Waals surface area contributed by atoms with Gasteiger partial charge in [-0.3, -0.25) is 4.79 Å². The fourth-order valence-corrected chi connectivity index (χ4v) is 3.46. The van der Waals surface area contributed by atoms with Gasteiger partial charge in [-0.2, -0.15) is 0 Å². The molecule has 1 aliphatic heterocycles. The van der Waals surface area contributed by atoms with E-state index in [1.54, 1.807) is 44.6 Å². The topological polar surface area (TPSA) is 54.0 Å². The summed E-state index contributed by atoms with van der Waals surface area (Å²) in [6, 6.07) is 17.2. The van der Waals surface area contributed by atoms with Crippen molar-refractivity contribution in [1.82, 2.24) is 0 Å². The molecule has 0 bridgehead atoms. The zero-order valence-electron chi connectivity index (χ0n) is 18.0. The molecule has 0 aliphatic carbocycles. The van der Waals surface area contributed by atoms with E-state index in [0.717, 1.165) is 11.1 Å². The van der Waals surface area contributed by atoms with Gasteiger partial charge in [0, 0.05) is 11.1 Å². The Bertz CT molecular complexity index is 1160. The van der Waals surface area contributed by atoms with Crippen LogP contribution in [0, 0.1) is 13.8 Å². The summed E-state index contributed by atoms with van der Waals surface area (Å²) in [6.45, 7) is 4.39. The summed E-state index contributed by atoms with van der Waals surface area (Å²) < 4.78 is 22.7. The lowest BCUT2D eigenvalue weighted by Gasteiger charge is -2.12. The minimum atomic E-state index is -0.173. The van der Waals surface area contributed by atoms with E-state index in [2.05, 4.69) is 19.1 Å². The van der Waals surface area contributed by atoms with Gasteiger partial charge in [-0.1, -0.05) is 29.8 Å². The van der Waals surface area contributed by atoms with Gasteiger partial charge < -0.3 is 18.9 Å². The van der Waals surface area contributed by atoms with E-state index in [9.17, 15) is 4.79 Å². The Kier molecular flexibility index (Phi) is 5.67. The molecule has 158 valence electrons. The van der Waals surface area contributed by atoms with Crippen LogP contribution in [0.25, 0.3) is 6.08 Å². The molecule has 3 aromatic rings. The van der Waals surface area contributed by atoms with Crippen LogP contribution in [0.15, 0.2) is 60.4 Å². The Morgan fingerprint density at radius 1 is 0.903 bits per heavy atom.